The van der Waals surface area contributed by atoms with Gasteiger partial charge < -0.3 is 25.6 Å². The number of aldehydes is 1. The van der Waals surface area contributed by atoms with Crippen molar-refractivity contribution in [1.82, 2.24) is 4.90 Å². The van der Waals surface area contributed by atoms with Crippen LogP contribution in [-0.4, -0.2) is 49.3 Å². The molecule has 188 valence electrons. The molecule has 3 fully saturated rings. The Kier molecular flexibility index (Phi) is 6.26. The molecule has 4 heterocycles. The third-order valence-electron chi connectivity index (χ3n) is 8.14. The van der Waals surface area contributed by atoms with Crippen LogP contribution in [0.15, 0.2) is 72.8 Å². The van der Waals surface area contributed by atoms with E-state index in [2.05, 4.69) is 45.5 Å². The second-order valence-corrected chi connectivity index (χ2v) is 10.4. The Morgan fingerprint density at radius 3 is 2.41 bits per heavy atom. The van der Waals surface area contributed by atoms with Gasteiger partial charge >= 0.3 is 0 Å². The summed E-state index contributed by atoms with van der Waals surface area (Å²) >= 11 is 0. The summed E-state index contributed by atoms with van der Waals surface area (Å²) in [5, 5.41) is 3.76. The summed E-state index contributed by atoms with van der Waals surface area (Å²) in [4.78, 5) is 28.8. The molecule has 2 atom stereocenters. The van der Waals surface area contributed by atoms with Crippen molar-refractivity contribution in [3.8, 4) is 0 Å². The monoisotopic (exact) mass is 492 g/mol. The molecule has 4 aliphatic heterocycles. The van der Waals surface area contributed by atoms with Gasteiger partial charge in [-0.15, -0.1) is 0 Å². The van der Waals surface area contributed by atoms with Gasteiger partial charge in [0.15, 0.2) is 0 Å². The predicted molar refractivity (Wildman–Crippen MR) is 148 cm³/mol. The molecule has 0 spiro atoms. The van der Waals surface area contributed by atoms with Crippen molar-refractivity contribution in [3.05, 3.63) is 95.1 Å². The van der Waals surface area contributed by atoms with Gasteiger partial charge in [-0.25, -0.2) is 0 Å². The number of fused-ring (bicyclic) bond motifs is 4. The molecule has 0 aromatic heterocycles. The lowest BCUT2D eigenvalue weighted by molar-refractivity contribution is -0.109. The van der Waals surface area contributed by atoms with Crippen molar-refractivity contribution in [2.45, 2.75) is 24.9 Å². The first-order valence-corrected chi connectivity index (χ1v) is 13.1. The number of nitrogens with two attached hydrogens (primary N) is 1. The van der Waals surface area contributed by atoms with Gasteiger partial charge in [-0.05, 0) is 85.0 Å². The Balaban J connectivity index is 1.28. The topological polar surface area (TPSA) is 78.7 Å². The number of carbonyl (C=O) groups is 2. The summed E-state index contributed by atoms with van der Waals surface area (Å²) in [6.45, 7) is 4.17. The highest BCUT2D eigenvalue weighted by atomic mass is 16.1. The van der Waals surface area contributed by atoms with Gasteiger partial charge in [0.25, 0.3) is 0 Å². The number of hydrogen-bond acceptors (Lipinski definition) is 5. The lowest BCUT2D eigenvalue weighted by atomic mass is 9.84. The van der Waals surface area contributed by atoms with Gasteiger partial charge in [-0.1, -0.05) is 42.5 Å². The van der Waals surface area contributed by atoms with E-state index in [4.69, 9.17) is 5.73 Å². The quantitative estimate of drug-likeness (QED) is 0.472. The van der Waals surface area contributed by atoms with Crippen LogP contribution >= 0.6 is 0 Å². The minimum Gasteiger partial charge on any atom is -0.381 e. The maximum absolute atomic E-state index is 12.2. The number of hydrogen-bond donors (Lipinski definition) is 2. The van der Waals surface area contributed by atoms with Crippen LogP contribution < -0.4 is 16.0 Å². The van der Waals surface area contributed by atoms with Crippen LogP contribution in [0.4, 0.5) is 11.4 Å². The normalized spacial score (nSPS) is 24.1. The molecule has 7 rings (SSSR count). The summed E-state index contributed by atoms with van der Waals surface area (Å²) in [6.07, 6.45) is 5.71. The molecule has 3 aromatic rings. The zero-order chi connectivity index (χ0) is 25.4. The summed E-state index contributed by atoms with van der Waals surface area (Å²) < 4.78 is 0. The van der Waals surface area contributed by atoms with Crippen molar-refractivity contribution >= 4 is 35.2 Å². The molecule has 37 heavy (non-hydrogen) atoms. The number of anilines is 2. The fourth-order valence-corrected chi connectivity index (χ4v) is 6.12. The molecule has 3 saturated heterocycles. The number of piperidine rings is 3. The molecule has 1 amide bonds. The highest BCUT2D eigenvalue weighted by molar-refractivity contribution is 6.00. The first kappa shape index (κ1) is 23.5. The first-order chi connectivity index (χ1) is 18.1. The summed E-state index contributed by atoms with van der Waals surface area (Å²) in [5.41, 5.74) is 12.1. The Morgan fingerprint density at radius 2 is 1.76 bits per heavy atom. The summed E-state index contributed by atoms with van der Waals surface area (Å²) in [5.74, 6) is 0.307. The number of benzene rings is 3. The molecule has 4 aliphatic rings. The lowest BCUT2D eigenvalue weighted by Crippen LogP contribution is -2.53. The van der Waals surface area contributed by atoms with Gasteiger partial charge in [0.1, 0.15) is 12.3 Å². The van der Waals surface area contributed by atoms with E-state index in [-0.39, 0.29) is 0 Å². The summed E-state index contributed by atoms with van der Waals surface area (Å²) in [6, 6.07) is 23.9. The SMILES string of the molecule is NC(=O)c1ccc2c(c1)/C(=C/c1ccc(N[C@H]3CN4CCC3CC4)cc1)CN2[C@@H](C=O)c1ccccc1. The van der Waals surface area contributed by atoms with Gasteiger partial charge in [0, 0.05) is 41.6 Å². The number of nitrogens with zero attached hydrogens (tertiary/aromatic N) is 2. The lowest BCUT2D eigenvalue weighted by Gasteiger charge is -2.45. The van der Waals surface area contributed by atoms with E-state index in [0.717, 1.165) is 52.4 Å². The number of rotatable bonds is 7. The molecule has 0 unspecified atom stereocenters. The average molecular weight is 493 g/mol. The maximum atomic E-state index is 12.2. The molecule has 0 radical (unpaired) electrons. The van der Waals surface area contributed by atoms with E-state index in [1.165, 1.54) is 25.9 Å². The van der Waals surface area contributed by atoms with E-state index in [9.17, 15) is 9.59 Å². The zero-order valence-corrected chi connectivity index (χ0v) is 20.8. The Morgan fingerprint density at radius 1 is 1.00 bits per heavy atom. The molecule has 6 heteroatoms. The smallest absolute Gasteiger partial charge is 0.248 e. The molecule has 3 N–H and O–H groups in total. The summed E-state index contributed by atoms with van der Waals surface area (Å²) in [7, 11) is 0. The third kappa shape index (κ3) is 4.65. The van der Waals surface area contributed by atoms with Crippen molar-refractivity contribution in [3.63, 3.8) is 0 Å². The van der Waals surface area contributed by atoms with Gasteiger partial charge in [0.05, 0.1) is 0 Å². The highest BCUT2D eigenvalue weighted by Crippen LogP contribution is 2.41. The van der Waals surface area contributed by atoms with Crippen LogP contribution in [0.5, 0.6) is 0 Å². The number of nitrogens with one attached hydrogen (secondary N) is 1. The van der Waals surface area contributed by atoms with Crippen LogP contribution in [0.1, 0.15) is 45.9 Å². The molecule has 0 aliphatic carbocycles. The Hall–Kier alpha value is -3.90. The van der Waals surface area contributed by atoms with Crippen LogP contribution in [-0.2, 0) is 4.79 Å². The van der Waals surface area contributed by atoms with Gasteiger partial charge in [-0.2, -0.15) is 0 Å². The fraction of sp³-hybridized carbons (Fsp3) is 0.290. The van der Waals surface area contributed by atoms with Crippen molar-refractivity contribution in [2.75, 3.05) is 36.4 Å². The van der Waals surface area contributed by atoms with Gasteiger partial charge in [-0.3, -0.25) is 4.79 Å². The molecular formula is C31H32N4O2. The minimum atomic E-state index is -0.459. The molecule has 2 bridgehead atoms. The van der Waals surface area contributed by atoms with E-state index in [0.29, 0.717) is 18.2 Å². The van der Waals surface area contributed by atoms with E-state index < -0.39 is 11.9 Å². The number of primary amides is 1. The molecule has 0 saturated carbocycles. The largest absolute Gasteiger partial charge is 0.381 e. The fourth-order valence-electron chi connectivity index (χ4n) is 6.12. The number of carbonyl (C=O) groups excluding carboxylic acids is 2. The molecule has 3 aromatic carbocycles. The first-order valence-electron chi connectivity index (χ1n) is 13.1. The van der Waals surface area contributed by atoms with Gasteiger partial charge in [0.2, 0.25) is 5.91 Å². The van der Waals surface area contributed by atoms with Crippen molar-refractivity contribution in [1.29, 1.82) is 0 Å². The zero-order valence-electron chi connectivity index (χ0n) is 20.8. The Bertz CT molecular complexity index is 1330. The second kappa shape index (κ2) is 9.87. The minimum absolute atomic E-state index is 0.418. The van der Waals surface area contributed by atoms with E-state index in [1.54, 1.807) is 6.07 Å². The van der Waals surface area contributed by atoms with E-state index in [1.807, 2.05) is 42.5 Å². The van der Waals surface area contributed by atoms with Crippen molar-refractivity contribution < 1.29 is 9.59 Å². The standard InChI is InChI=1S/C31H32N4O2/c32-31(37)24-8-11-29-27(17-24)25(18-35(29)30(20-36)23-4-2-1-3-5-23)16-21-6-9-26(10-7-21)33-28-19-34-14-12-22(28)13-15-34/h1-11,16-17,20,22,28,30,33H,12-15,18-19H2,(H2,32,37)/b25-16+/t28-,30-/m0/s1. The predicted octanol–water partition coefficient (Wildman–Crippen LogP) is 4.59. The molecular weight excluding hydrogens is 460 g/mol. The van der Waals surface area contributed by atoms with Crippen LogP contribution in [0, 0.1) is 5.92 Å². The Labute approximate surface area is 217 Å². The van der Waals surface area contributed by atoms with E-state index >= 15 is 0 Å². The second-order valence-electron chi connectivity index (χ2n) is 10.4. The number of amides is 1. The highest BCUT2D eigenvalue weighted by Gasteiger charge is 2.34. The van der Waals surface area contributed by atoms with Crippen LogP contribution in [0.2, 0.25) is 0 Å². The van der Waals surface area contributed by atoms with Crippen LogP contribution in [0.25, 0.3) is 11.6 Å². The third-order valence-corrected chi connectivity index (χ3v) is 8.14. The van der Waals surface area contributed by atoms with Crippen LogP contribution in [0.3, 0.4) is 0 Å². The maximum Gasteiger partial charge on any atom is 0.248 e. The van der Waals surface area contributed by atoms with Crippen molar-refractivity contribution in [2.24, 2.45) is 11.7 Å². The average Bonchev–Trinajstić information content (AvgIpc) is 3.28. The molecule has 6 nitrogen and oxygen atoms in total.